The van der Waals surface area contributed by atoms with E-state index in [-0.39, 0.29) is 23.9 Å². The Morgan fingerprint density at radius 1 is 1.06 bits per heavy atom. The van der Waals surface area contributed by atoms with Crippen LogP contribution in [0.5, 0.6) is 0 Å². The zero-order valence-electron chi connectivity index (χ0n) is 17.9. The van der Waals surface area contributed by atoms with Gasteiger partial charge >= 0.3 is 0 Å². The van der Waals surface area contributed by atoms with Crippen molar-refractivity contribution in [3.63, 3.8) is 0 Å². The number of rotatable bonds is 5. The topological polar surface area (TPSA) is 50.7 Å². The third-order valence-corrected chi connectivity index (χ3v) is 5.22. The SMILES string of the molecule is Cc1ccc(-c2cc(C(=O)NC(C)C)cc(C3CC(c4ccccc4)=NO3)c2)c(F)c1. The van der Waals surface area contributed by atoms with Crippen LogP contribution >= 0.6 is 0 Å². The van der Waals surface area contributed by atoms with Gasteiger partial charge < -0.3 is 10.2 Å². The lowest BCUT2D eigenvalue weighted by Gasteiger charge is -2.15. The maximum atomic E-state index is 14.7. The number of benzene rings is 3. The number of amides is 1. The lowest BCUT2D eigenvalue weighted by Crippen LogP contribution is -2.30. The Balaban J connectivity index is 1.71. The molecule has 1 atom stereocenters. The van der Waals surface area contributed by atoms with Gasteiger partial charge in [0, 0.05) is 23.6 Å². The summed E-state index contributed by atoms with van der Waals surface area (Å²) in [6.45, 7) is 5.66. The molecule has 0 saturated heterocycles. The first-order chi connectivity index (χ1) is 14.9. The maximum absolute atomic E-state index is 14.7. The predicted molar refractivity (Wildman–Crippen MR) is 121 cm³/mol. The zero-order chi connectivity index (χ0) is 22.0. The lowest BCUT2D eigenvalue weighted by atomic mass is 9.93. The molecule has 4 nitrogen and oxygen atoms in total. The summed E-state index contributed by atoms with van der Waals surface area (Å²) in [5.74, 6) is -0.520. The van der Waals surface area contributed by atoms with Crippen LogP contribution in [0.25, 0.3) is 11.1 Å². The molecule has 0 radical (unpaired) electrons. The highest BCUT2D eigenvalue weighted by molar-refractivity contribution is 6.01. The highest BCUT2D eigenvalue weighted by atomic mass is 19.1. The minimum absolute atomic E-state index is 0.00790. The molecule has 4 rings (SSSR count). The average molecular weight is 416 g/mol. The zero-order valence-corrected chi connectivity index (χ0v) is 17.9. The van der Waals surface area contributed by atoms with E-state index in [0.717, 1.165) is 22.4 Å². The number of oxime groups is 1. The van der Waals surface area contributed by atoms with Crippen LogP contribution in [0.1, 0.15) is 53.4 Å². The minimum atomic E-state index is -0.339. The highest BCUT2D eigenvalue weighted by Crippen LogP contribution is 2.34. The second-order valence-corrected chi connectivity index (χ2v) is 8.16. The molecule has 1 heterocycles. The Kier molecular flexibility index (Phi) is 5.85. The Morgan fingerprint density at radius 2 is 1.84 bits per heavy atom. The van der Waals surface area contributed by atoms with Gasteiger partial charge in [0.05, 0.1) is 5.71 Å². The number of hydrogen-bond donors (Lipinski definition) is 1. The molecule has 1 N–H and O–H groups in total. The van der Waals surface area contributed by atoms with Crippen LogP contribution in [0.4, 0.5) is 4.39 Å². The van der Waals surface area contributed by atoms with Gasteiger partial charge in [0.25, 0.3) is 5.91 Å². The number of nitrogens with zero attached hydrogens (tertiary/aromatic N) is 1. The van der Waals surface area contributed by atoms with Crippen LogP contribution < -0.4 is 5.32 Å². The number of carbonyl (C=O) groups is 1. The van der Waals surface area contributed by atoms with Crippen LogP contribution in [0.2, 0.25) is 0 Å². The summed E-state index contributed by atoms with van der Waals surface area (Å²) < 4.78 is 14.7. The summed E-state index contributed by atoms with van der Waals surface area (Å²) in [6.07, 6.45) is 0.240. The van der Waals surface area contributed by atoms with E-state index in [1.165, 1.54) is 6.07 Å². The van der Waals surface area contributed by atoms with Crippen molar-refractivity contribution < 1.29 is 14.0 Å². The van der Waals surface area contributed by atoms with Gasteiger partial charge in [-0.05, 0) is 67.3 Å². The van der Waals surface area contributed by atoms with E-state index in [1.807, 2.05) is 63.2 Å². The van der Waals surface area contributed by atoms with E-state index in [2.05, 4.69) is 10.5 Å². The van der Waals surface area contributed by atoms with Gasteiger partial charge in [-0.25, -0.2) is 4.39 Å². The summed E-state index contributed by atoms with van der Waals surface area (Å²) in [7, 11) is 0. The van der Waals surface area contributed by atoms with Crippen molar-refractivity contribution in [3.8, 4) is 11.1 Å². The smallest absolute Gasteiger partial charge is 0.251 e. The maximum Gasteiger partial charge on any atom is 0.251 e. The summed E-state index contributed by atoms with van der Waals surface area (Å²) in [4.78, 5) is 18.5. The molecule has 158 valence electrons. The Morgan fingerprint density at radius 3 is 2.55 bits per heavy atom. The van der Waals surface area contributed by atoms with E-state index in [1.54, 1.807) is 18.2 Å². The lowest BCUT2D eigenvalue weighted by molar-refractivity contribution is 0.0854. The molecular weight excluding hydrogens is 391 g/mol. The first kappa shape index (κ1) is 20.8. The molecule has 0 saturated carbocycles. The molecule has 1 amide bonds. The Hall–Kier alpha value is -3.47. The van der Waals surface area contributed by atoms with Gasteiger partial charge in [0.15, 0.2) is 6.10 Å². The monoisotopic (exact) mass is 416 g/mol. The van der Waals surface area contributed by atoms with Crippen molar-refractivity contribution in [3.05, 3.63) is 94.8 Å². The van der Waals surface area contributed by atoms with E-state index in [9.17, 15) is 9.18 Å². The van der Waals surface area contributed by atoms with Crippen LogP contribution in [0.3, 0.4) is 0 Å². The summed E-state index contributed by atoms with van der Waals surface area (Å²) in [6, 6.07) is 20.4. The molecule has 1 unspecified atom stereocenters. The van der Waals surface area contributed by atoms with Gasteiger partial charge in [-0.1, -0.05) is 47.6 Å². The standard InChI is InChI=1S/C26H25FN2O2/c1-16(2)28-26(30)21-13-19(22-10-9-17(3)11-23(22)27)12-20(14-21)25-15-24(29-31-25)18-7-5-4-6-8-18/h4-14,16,25H,15H2,1-3H3,(H,28,30). The minimum Gasteiger partial charge on any atom is -0.387 e. The van der Waals surface area contributed by atoms with Crippen LogP contribution in [-0.2, 0) is 4.84 Å². The third-order valence-electron chi connectivity index (χ3n) is 5.22. The van der Waals surface area contributed by atoms with Crippen LogP contribution in [0, 0.1) is 12.7 Å². The summed E-state index contributed by atoms with van der Waals surface area (Å²) in [5, 5.41) is 7.17. The fourth-order valence-electron chi connectivity index (χ4n) is 3.68. The summed E-state index contributed by atoms with van der Waals surface area (Å²) >= 11 is 0. The van der Waals surface area contributed by atoms with Gasteiger partial charge in [-0.2, -0.15) is 0 Å². The number of aryl methyl sites for hydroxylation is 1. The molecule has 3 aromatic rings. The molecule has 1 aliphatic rings. The number of hydrogen-bond acceptors (Lipinski definition) is 3. The largest absolute Gasteiger partial charge is 0.387 e. The molecule has 0 spiro atoms. The first-order valence-corrected chi connectivity index (χ1v) is 10.4. The molecule has 3 aromatic carbocycles. The average Bonchev–Trinajstić information content (AvgIpc) is 3.24. The van der Waals surface area contributed by atoms with Crippen molar-refractivity contribution in [2.24, 2.45) is 5.16 Å². The van der Waals surface area contributed by atoms with Crippen molar-refractivity contribution in [2.75, 3.05) is 0 Å². The quantitative estimate of drug-likeness (QED) is 0.571. The predicted octanol–water partition coefficient (Wildman–Crippen LogP) is 5.81. The molecule has 0 bridgehead atoms. The van der Waals surface area contributed by atoms with Gasteiger partial charge in [0.2, 0.25) is 0 Å². The van der Waals surface area contributed by atoms with Crippen LogP contribution in [-0.4, -0.2) is 17.7 Å². The van der Waals surface area contributed by atoms with Gasteiger partial charge in [-0.15, -0.1) is 0 Å². The van der Waals surface area contributed by atoms with E-state index in [4.69, 9.17) is 4.84 Å². The van der Waals surface area contributed by atoms with Crippen molar-refractivity contribution in [2.45, 2.75) is 39.3 Å². The van der Waals surface area contributed by atoms with Crippen LogP contribution in [0.15, 0.2) is 71.9 Å². The molecule has 5 heteroatoms. The molecule has 31 heavy (non-hydrogen) atoms. The van der Waals surface area contributed by atoms with E-state index >= 15 is 0 Å². The second kappa shape index (κ2) is 8.72. The van der Waals surface area contributed by atoms with Gasteiger partial charge in [-0.3, -0.25) is 4.79 Å². The first-order valence-electron chi connectivity index (χ1n) is 10.4. The summed E-state index contributed by atoms with van der Waals surface area (Å²) in [5.41, 5.74) is 5.05. The molecule has 0 aliphatic carbocycles. The fourth-order valence-corrected chi connectivity index (χ4v) is 3.68. The number of carbonyl (C=O) groups excluding carboxylic acids is 1. The van der Waals surface area contributed by atoms with E-state index in [0.29, 0.717) is 23.1 Å². The Labute approximate surface area is 181 Å². The highest BCUT2D eigenvalue weighted by Gasteiger charge is 2.26. The van der Waals surface area contributed by atoms with E-state index < -0.39 is 0 Å². The van der Waals surface area contributed by atoms with Crippen molar-refractivity contribution >= 4 is 11.6 Å². The molecule has 1 aliphatic heterocycles. The van der Waals surface area contributed by atoms with Crippen molar-refractivity contribution in [1.82, 2.24) is 5.32 Å². The number of halogens is 1. The molecule has 0 aromatic heterocycles. The molecular formula is C26H25FN2O2. The van der Waals surface area contributed by atoms with Gasteiger partial charge in [0.1, 0.15) is 5.82 Å². The van der Waals surface area contributed by atoms with Crippen molar-refractivity contribution in [1.29, 1.82) is 0 Å². The third kappa shape index (κ3) is 4.66. The fraction of sp³-hybridized carbons (Fsp3) is 0.231. The number of nitrogens with one attached hydrogen (secondary N) is 1. The Bertz CT molecular complexity index is 1140. The normalized spacial score (nSPS) is 15.5. The second-order valence-electron chi connectivity index (χ2n) is 8.16. The molecule has 0 fully saturated rings.